The average Bonchev–Trinajstić information content (AvgIpc) is 3.12. The van der Waals surface area contributed by atoms with Crippen molar-refractivity contribution in [2.45, 2.75) is 62.7 Å². The first-order chi connectivity index (χ1) is 8.49. The number of sulfonamides is 1. The molecule has 2 aliphatic carbocycles. The van der Waals surface area contributed by atoms with E-state index in [-0.39, 0.29) is 17.6 Å². The lowest BCUT2D eigenvalue weighted by Crippen LogP contribution is -2.43. The van der Waals surface area contributed by atoms with Crippen molar-refractivity contribution in [1.29, 1.82) is 0 Å². The standard InChI is InChI=1S/C12H21NO4S/c14-12(15)8-11(9-6-7-9)13-18(16,17)10-4-2-1-3-5-10/h9-11,13H,1-8H2,(H,14,15). The van der Waals surface area contributed by atoms with Gasteiger partial charge in [-0.2, -0.15) is 0 Å². The highest BCUT2D eigenvalue weighted by Gasteiger charge is 2.37. The number of carboxylic acids is 1. The third kappa shape index (κ3) is 3.68. The predicted molar refractivity (Wildman–Crippen MR) is 67.7 cm³/mol. The molecule has 0 amide bonds. The molecule has 0 heterocycles. The van der Waals surface area contributed by atoms with Gasteiger partial charge in [-0.05, 0) is 31.6 Å². The highest BCUT2D eigenvalue weighted by atomic mass is 32.2. The number of aliphatic carboxylic acids is 1. The maximum atomic E-state index is 12.2. The molecule has 0 aliphatic heterocycles. The lowest BCUT2D eigenvalue weighted by Gasteiger charge is -2.25. The molecule has 2 aliphatic rings. The summed E-state index contributed by atoms with van der Waals surface area (Å²) >= 11 is 0. The summed E-state index contributed by atoms with van der Waals surface area (Å²) in [5, 5.41) is 8.51. The molecule has 0 aromatic rings. The Morgan fingerprint density at radius 1 is 1.17 bits per heavy atom. The van der Waals surface area contributed by atoms with Crippen LogP contribution >= 0.6 is 0 Å². The van der Waals surface area contributed by atoms with E-state index in [1.807, 2.05) is 0 Å². The summed E-state index contributed by atoms with van der Waals surface area (Å²) in [5.41, 5.74) is 0. The lowest BCUT2D eigenvalue weighted by atomic mass is 10.0. The van der Waals surface area contributed by atoms with Crippen molar-refractivity contribution >= 4 is 16.0 Å². The van der Waals surface area contributed by atoms with Gasteiger partial charge in [-0.25, -0.2) is 13.1 Å². The Morgan fingerprint density at radius 3 is 2.28 bits per heavy atom. The van der Waals surface area contributed by atoms with Crippen LogP contribution in [0.5, 0.6) is 0 Å². The van der Waals surface area contributed by atoms with Gasteiger partial charge >= 0.3 is 5.97 Å². The van der Waals surface area contributed by atoms with E-state index in [0.29, 0.717) is 12.8 Å². The topological polar surface area (TPSA) is 83.5 Å². The number of carbonyl (C=O) groups is 1. The molecule has 0 aromatic heterocycles. The van der Waals surface area contributed by atoms with Crippen molar-refractivity contribution < 1.29 is 18.3 Å². The second-order valence-electron chi connectivity index (χ2n) is 5.46. The van der Waals surface area contributed by atoms with Crippen LogP contribution in [0.25, 0.3) is 0 Å². The lowest BCUT2D eigenvalue weighted by molar-refractivity contribution is -0.137. The molecule has 0 saturated heterocycles. The Morgan fingerprint density at radius 2 is 1.78 bits per heavy atom. The zero-order valence-electron chi connectivity index (χ0n) is 10.5. The Bertz CT molecular complexity index is 396. The van der Waals surface area contributed by atoms with Crippen molar-refractivity contribution in [3.63, 3.8) is 0 Å². The van der Waals surface area contributed by atoms with Gasteiger partial charge in [0.25, 0.3) is 0 Å². The van der Waals surface area contributed by atoms with E-state index < -0.39 is 22.0 Å². The summed E-state index contributed by atoms with van der Waals surface area (Å²) in [4.78, 5) is 10.8. The van der Waals surface area contributed by atoms with Crippen LogP contribution in [0, 0.1) is 5.92 Å². The SMILES string of the molecule is O=C(O)CC(NS(=O)(=O)C1CCCCC1)C1CC1. The Labute approximate surface area is 108 Å². The van der Waals surface area contributed by atoms with Crippen LogP contribution in [-0.2, 0) is 14.8 Å². The number of carboxylic acid groups (broad SMARTS) is 1. The van der Waals surface area contributed by atoms with E-state index in [1.54, 1.807) is 0 Å². The summed E-state index contributed by atoms with van der Waals surface area (Å²) < 4.78 is 27.1. The van der Waals surface area contributed by atoms with Gasteiger partial charge in [0, 0.05) is 6.04 Å². The maximum absolute atomic E-state index is 12.2. The van der Waals surface area contributed by atoms with Crippen molar-refractivity contribution in [1.82, 2.24) is 4.72 Å². The maximum Gasteiger partial charge on any atom is 0.304 e. The van der Waals surface area contributed by atoms with Gasteiger partial charge in [0.1, 0.15) is 0 Å². The molecule has 0 spiro atoms. The van der Waals surface area contributed by atoms with Gasteiger partial charge in [-0.3, -0.25) is 4.79 Å². The van der Waals surface area contributed by atoms with Crippen molar-refractivity contribution in [3.05, 3.63) is 0 Å². The highest BCUT2D eigenvalue weighted by molar-refractivity contribution is 7.90. The smallest absolute Gasteiger partial charge is 0.304 e. The average molecular weight is 275 g/mol. The van der Waals surface area contributed by atoms with Crippen molar-refractivity contribution in [3.8, 4) is 0 Å². The minimum absolute atomic E-state index is 0.101. The fourth-order valence-electron chi connectivity index (χ4n) is 2.67. The van der Waals surface area contributed by atoms with E-state index in [0.717, 1.165) is 32.1 Å². The minimum Gasteiger partial charge on any atom is -0.481 e. The van der Waals surface area contributed by atoms with Gasteiger partial charge in [0.2, 0.25) is 10.0 Å². The Kier molecular flexibility index (Phi) is 4.27. The van der Waals surface area contributed by atoms with Crippen molar-refractivity contribution in [2.75, 3.05) is 0 Å². The van der Waals surface area contributed by atoms with Crippen LogP contribution in [0.3, 0.4) is 0 Å². The summed E-state index contributed by atoms with van der Waals surface area (Å²) in [5.74, 6) is -0.710. The first-order valence-electron chi connectivity index (χ1n) is 6.72. The zero-order valence-corrected chi connectivity index (χ0v) is 11.3. The van der Waals surface area contributed by atoms with Crippen LogP contribution in [0.4, 0.5) is 0 Å². The normalized spacial score (nSPS) is 23.8. The van der Waals surface area contributed by atoms with Gasteiger partial charge in [0.15, 0.2) is 0 Å². The van der Waals surface area contributed by atoms with Gasteiger partial charge in [-0.15, -0.1) is 0 Å². The summed E-state index contributed by atoms with van der Waals surface area (Å²) in [7, 11) is -3.35. The molecule has 2 rings (SSSR count). The van der Waals surface area contributed by atoms with E-state index in [2.05, 4.69) is 4.72 Å². The van der Waals surface area contributed by atoms with E-state index in [4.69, 9.17) is 5.11 Å². The molecule has 1 atom stereocenters. The van der Waals surface area contributed by atoms with E-state index in [1.165, 1.54) is 0 Å². The summed E-state index contributed by atoms with van der Waals surface area (Å²) in [6.45, 7) is 0. The quantitative estimate of drug-likeness (QED) is 0.769. The second kappa shape index (κ2) is 5.57. The Balaban J connectivity index is 1.97. The molecule has 104 valence electrons. The fraction of sp³-hybridized carbons (Fsp3) is 0.917. The van der Waals surface area contributed by atoms with Crippen molar-refractivity contribution in [2.24, 2.45) is 5.92 Å². The van der Waals surface area contributed by atoms with Gasteiger partial charge in [0.05, 0.1) is 11.7 Å². The molecule has 0 aromatic carbocycles. The van der Waals surface area contributed by atoms with Crippen LogP contribution in [0.15, 0.2) is 0 Å². The monoisotopic (exact) mass is 275 g/mol. The minimum atomic E-state index is -3.35. The van der Waals surface area contributed by atoms with E-state index in [9.17, 15) is 13.2 Å². The number of hydrogen-bond acceptors (Lipinski definition) is 3. The van der Waals surface area contributed by atoms with Crippen LogP contribution in [-0.4, -0.2) is 30.8 Å². The summed E-state index contributed by atoms with van der Waals surface area (Å²) in [6.07, 6.45) is 6.21. The number of hydrogen-bond donors (Lipinski definition) is 2. The first-order valence-corrected chi connectivity index (χ1v) is 8.26. The molecule has 5 nitrogen and oxygen atoms in total. The molecule has 6 heteroatoms. The largest absolute Gasteiger partial charge is 0.481 e. The third-order valence-electron chi connectivity index (χ3n) is 3.89. The highest BCUT2D eigenvalue weighted by Crippen LogP contribution is 2.35. The molecular formula is C12H21NO4S. The number of nitrogens with one attached hydrogen (secondary N) is 1. The van der Waals surface area contributed by atoms with Crippen LogP contribution < -0.4 is 4.72 Å². The molecule has 2 saturated carbocycles. The molecule has 2 N–H and O–H groups in total. The predicted octanol–water partition coefficient (Wildman–Crippen LogP) is 1.49. The third-order valence-corrected chi connectivity index (χ3v) is 5.87. The van der Waals surface area contributed by atoms with Gasteiger partial charge in [-0.1, -0.05) is 19.3 Å². The molecule has 1 unspecified atom stereocenters. The number of rotatable bonds is 6. The van der Waals surface area contributed by atoms with Crippen LogP contribution in [0.1, 0.15) is 51.4 Å². The second-order valence-corrected chi connectivity index (χ2v) is 7.46. The zero-order chi connectivity index (χ0) is 13.2. The summed E-state index contributed by atoms with van der Waals surface area (Å²) in [6, 6.07) is -0.408. The van der Waals surface area contributed by atoms with Crippen LogP contribution in [0.2, 0.25) is 0 Å². The van der Waals surface area contributed by atoms with Gasteiger partial charge < -0.3 is 5.11 Å². The molecule has 18 heavy (non-hydrogen) atoms. The Hall–Kier alpha value is -0.620. The fourth-order valence-corrected chi connectivity index (χ4v) is 4.52. The molecular weight excluding hydrogens is 254 g/mol. The molecule has 2 fully saturated rings. The first kappa shape index (κ1) is 13.8. The van der Waals surface area contributed by atoms with E-state index >= 15 is 0 Å². The molecule has 0 bridgehead atoms. The molecule has 0 radical (unpaired) electrons.